The summed E-state index contributed by atoms with van der Waals surface area (Å²) in [6.07, 6.45) is 1.35. The van der Waals surface area contributed by atoms with E-state index in [-0.39, 0.29) is 12.0 Å². The lowest BCUT2D eigenvalue weighted by Crippen LogP contribution is -2.26. The normalized spacial score (nSPS) is 17.4. The number of nitrogens with one attached hydrogen (secondary N) is 1. The molecular formula is C17H17NO3. The molecule has 1 aliphatic rings. The van der Waals surface area contributed by atoms with Gasteiger partial charge in [-0.25, -0.2) is 0 Å². The van der Waals surface area contributed by atoms with Crippen molar-refractivity contribution in [3.63, 3.8) is 0 Å². The van der Waals surface area contributed by atoms with Gasteiger partial charge < -0.3 is 14.8 Å². The third-order valence-electron chi connectivity index (χ3n) is 3.34. The Morgan fingerprint density at radius 1 is 1.10 bits per heavy atom. The fourth-order valence-corrected chi connectivity index (χ4v) is 2.27. The van der Waals surface area contributed by atoms with Crippen molar-refractivity contribution >= 4 is 11.6 Å². The summed E-state index contributed by atoms with van der Waals surface area (Å²) in [6, 6.07) is 16.9. The van der Waals surface area contributed by atoms with Gasteiger partial charge in [-0.05, 0) is 37.1 Å². The van der Waals surface area contributed by atoms with Crippen LogP contribution in [-0.2, 0) is 9.53 Å². The third kappa shape index (κ3) is 3.41. The third-order valence-corrected chi connectivity index (χ3v) is 3.34. The van der Waals surface area contributed by atoms with Crippen molar-refractivity contribution in [2.24, 2.45) is 0 Å². The molecule has 2 aromatic rings. The predicted molar refractivity (Wildman–Crippen MR) is 80.6 cm³/mol. The van der Waals surface area contributed by atoms with E-state index < -0.39 is 0 Å². The first-order valence-corrected chi connectivity index (χ1v) is 7.07. The van der Waals surface area contributed by atoms with Gasteiger partial charge in [-0.2, -0.15) is 0 Å². The maximum Gasteiger partial charge on any atom is 0.253 e. The Labute approximate surface area is 123 Å². The van der Waals surface area contributed by atoms with Crippen LogP contribution in [-0.4, -0.2) is 18.6 Å². The van der Waals surface area contributed by atoms with Gasteiger partial charge in [0.1, 0.15) is 11.9 Å². The van der Waals surface area contributed by atoms with Crippen LogP contribution in [0.25, 0.3) is 0 Å². The Kier molecular flexibility index (Phi) is 4.17. The molecule has 1 amide bonds. The average molecular weight is 283 g/mol. The van der Waals surface area contributed by atoms with Crippen molar-refractivity contribution in [3.8, 4) is 11.5 Å². The van der Waals surface area contributed by atoms with E-state index >= 15 is 0 Å². The van der Waals surface area contributed by atoms with Gasteiger partial charge in [0.05, 0.1) is 5.69 Å². The summed E-state index contributed by atoms with van der Waals surface area (Å²) in [6.45, 7) is 0.653. The van der Waals surface area contributed by atoms with Crippen LogP contribution in [0.15, 0.2) is 54.6 Å². The number of rotatable bonds is 4. The largest absolute Gasteiger partial charge is 0.455 e. The molecule has 0 spiro atoms. The Morgan fingerprint density at radius 2 is 1.86 bits per heavy atom. The van der Waals surface area contributed by atoms with E-state index in [1.165, 1.54) is 0 Å². The molecule has 0 saturated carbocycles. The van der Waals surface area contributed by atoms with Crippen molar-refractivity contribution < 1.29 is 14.3 Å². The van der Waals surface area contributed by atoms with Crippen molar-refractivity contribution in [1.82, 2.24) is 0 Å². The van der Waals surface area contributed by atoms with Gasteiger partial charge in [0.15, 0.2) is 5.75 Å². The highest BCUT2D eigenvalue weighted by Gasteiger charge is 2.24. The summed E-state index contributed by atoms with van der Waals surface area (Å²) >= 11 is 0. The molecule has 1 fully saturated rings. The van der Waals surface area contributed by atoms with Crippen LogP contribution >= 0.6 is 0 Å². The van der Waals surface area contributed by atoms with Gasteiger partial charge >= 0.3 is 0 Å². The molecule has 0 unspecified atom stereocenters. The Bertz CT molecular complexity index is 606. The Hall–Kier alpha value is -2.33. The number of benzene rings is 2. The average Bonchev–Trinajstić information content (AvgIpc) is 3.05. The number of carbonyl (C=O) groups excluding carboxylic acids is 1. The Balaban J connectivity index is 1.74. The van der Waals surface area contributed by atoms with E-state index in [1.54, 1.807) is 0 Å². The molecule has 4 nitrogen and oxygen atoms in total. The van der Waals surface area contributed by atoms with Gasteiger partial charge in [0.25, 0.3) is 5.91 Å². The lowest BCUT2D eigenvalue weighted by atomic mass is 10.2. The summed E-state index contributed by atoms with van der Waals surface area (Å²) in [5.41, 5.74) is 0.654. The van der Waals surface area contributed by atoms with E-state index in [0.717, 1.165) is 18.6 Å². The minimum absolute atomic E-state index is 0.114. The first kappa shape index (κ1) is 13.6. The maximum absolute atomic E-state index is 12.1. The first-order valence-electron chi connectivity index (χ1n) is 7.07. The lowest BCUT2D eigenvalue weighted by molar-refractivity contribution is -0.124. The topological polar surface area (TPSA) is 47.6 Å². The highest BCUT2D eigenvalue weighted by atomic mass is 16.5. The molecular weight excluding hydrogens is 266 g/mol. The Morgan fingerprint density at radius 3 is 2.62 bits per heavy atom. The zero-order valence-electron chi connectivity index (χ0n) is 11.6. The van der Waals surface area contributed by atoms with E-state index in [4.69, 9.17) is 9.47 Å². The van der Waals surface area contributed by atoms with Crippen LogP contribution in [0.3, 0.4) is 0 Å². The molecule has 3 rings (SSSR count). The molecule has 21 heavy (non-hydrogen) atoms. The number of hydrogen-bond donors (Lipinski definition) is 1. The number of amides is 1. The standard InChI is InChI=1S/C17H17NO3/c19-17(16-11-6-12-20-16)18-14-9-4-5-10-15(14)21-13-7-2-1-3-8-13/h1-5,7-10,16H,6,11-12H2,(H,18,19)/t16-/m0/s1. The van der Waals surface area contributed by atoms with Crippen LogP contribution in [0, 0.1) is 0 Å². The van der Waals surface area contributed by atoms with Gasteiger partial charge in [-0.1, -0.05) is 30.3 Å². The zero-order chi connectivity index (χ0) is 14.5. The molecule has 108 valence electrons. The number of carbonyl (C=O) groups is 1. The second kappa shape index (κ2) is 6.41. The minimum atomic E-state index is -0.352. The monoisotopic (exact) mass is 283 g/mol. The fourth-order valence-electron chi connectivity index (χ4n) is 2.27. The molecule has 0 bridgehead atoms. The summed E-state index contributed by atoms with van der Waals surface area (Å²) in [4.78, 5) is 12.1. The van der Waals surface area contributed by atoms with Crippen LogP contribution < -0.4 is 10.1 Å². The molecule has 0 radical (unpaired) electrons. The lowest BCUT2D eigenvalue weighted by Gasteiger charge is -2.14. The van der Waals surface area contributed by atoms with Crippen LogP contribution in [0.1, 0.15) is 12.8 Å². The van der Waals surface area contributed by atoms with Crippen LogP contribution in [0.2, 0.25) is 0 Å². The van der Waals surface area contributed by atoms with Crippen LogP contribution in [0.4, 0.5) is 5.69 Å². The molecule has 0 aliphatic carbocycles. The molecule has 1 N–H and O–H groups in total. The van der Waals surface area contributed by atoms with Gasteiger partial charge in [0.2, 0.25) is 0 Å². The smallest absolute Gasteiger partial charge is 0.253 e. The minimum Gasteiger partial charge on any atom is -0.455 e. The van der Waals surface area contributed by atoms with Crippen molar-refractivity contribution in [1.29, 1.82) is 0 Å². The van der Waals surface area contributed by atoms with E-state index in [1.807, 2.05) is 54.6 Å². The quantitative estimate of drug-likeness (QED) is 0.932. The molecule has 1 aliphatic heterocycles. The number of ether oxygens (including phenoxy) is 2. The van der Waals surface area contributed by atoms with Crippen molar-refractivity contribution in [2.45, 2.75) is 18.9 Å². The second-order valence-corrected chi connectivity index (χ2v) is 4.90. The highest BCUT2D eigenvalue weighted by Crippen LogP contribution is 2.29. The summed E-state index contributed by atoms with van der Waals surface area (Å²) in [5.74, 6) is 1.24. The SMILES string of the molecule is O=C(Nc1ccccc1Oc1ccccc1)[C@@H]1CCCO1. The highest BCUT2D eigenvalue weighted by molar-refractivity contribution is 5.95. The summed E-state index contributed by atoms with van der Waals surface area (Å²) < 4.78 is 11.2. The van der Waals surface area contributed by atoms with Gasteiger partial charge in [-0.3, -0.25) is 4.79 Å². The predicted octanol–water partition coefficient (Wildman–Crippen LogP) is 3.60. The van der Waals surface area contributed by atoms with Gasteiger partial charge in [0, 0.05) is 6.61 Å². The molecule has 0 aromatic heterocycles. The number of para-hydroxylation sites is 3. The molecule has 2 aromatic carbocycles. The van der Waals surface area contributed by atoms with Crippen molar-refractivity contribution in [3.05, 3.63) is 54.6 Å². The van der Waals surface area contributed by atoms with E-state index in [0.29, 0.717) is 18.0 Å². The fraction of sp³-hybridized carbons (Fsp3) is 0.235. The zero-order valence-corrected chi connectivity index (χ0v) is 11.6. The molecule has 4 heteroatoms. The van der Waals surface area contributed by atoms with E-state index in [2.05, 4.69) is 5.32 Å². The number of anilines is 1. The molecule has 1 atom stereocenters. The summed E-state index contributed by atoms with van der Waals surface area (Å²) in [7, 11) is 0. The maximum atomic E-state index is 12.1. The number of hydrogen-bond acceptors (Lipinski definition) is 3. The van der Waals surface area contributed by atoms with Crippen LogP contribution in [0.5, 0.6) is 11.5 Å². The van der Waals surface area contributed by atoms with E-state index in [9.17, 15) is 4.79 Å². The molecule has 1 heterocycles. The van der Waals surface area contributed by atoms with Crippen molar-refractivity contribution in [2.75, 3.05) is 11.9 Å². The first-order chi connectivity index (χ1) is 10.3. The molecule has 1 saturated heterocycles. The van der Waals surface area contributed by atoms with Gasteiger partial charge in [-0.15, -0.1) is 0 Å². The summed E-state index contributed by atoms with van der Waals surface area (Å²) in [5, 5.41) is 2.88. The second-order valence-electron chi connectivity index (χ2n) is 4.90.